The van der Waals surface area contributed by atoms with Gasteiger partial charge in [0, 0.05) is 31.2 Å². The van der Waals surface area contributed by atoms with Crippen LogP contribution >= 0.6 is 0 Å². The van der Waals surface area contributed by atoms with Crippen LogP contribution in [-0.2, 0) is 17.8 Å². The molecule has 3 rings (SSSR count). The molecule has 1 aliphatic rings. The first kappa shape index (κ1) is 20.9. The Morgan fingerprint density at radius 2 is 1.90 bits per heavy atom. The van der Waals surface area contributed by atoms with Gasteiger partial charge in [0.05, 0.1) is 0 Å². The van der Waals surface area contributed by atoms with Crippen molar-refractivity contribution in [3.05, 3.63) is 65.2 Å². The molecule has 0 fully saturated rings. The van der Waals surface area contributed by atoms with Crippen molar-refractivity contribution in [3.63, 3.8) is 0 Å². The number of benzene rings is 2. The summed E-state index contributed by atoms with van der Waals surface area (Å²) in [6.07, 6.45) is 1.03. The van der Waals surface area contributed by atoms with Crippen molar-refractivity contribution >= 4 is 11.8 Å². The lowest BCUT2D eigenvalue weighted by Gasteiger charge is -2.38. The van der Waals surface area contributed by atoms with Crippen molar-refractivity contribution in [2.45, 2.75) is 32.9 Å². The fraction of sp³-hybridized carbons (Fsp3) is 0.391. The topological polar surface area (TPSA) is 84.7 Å². The largest absolute Gasteiger partial charge is 0.484 e. The highest BCUT2D eigenvalue weighted by Crippen LogP contribution is 2.22. The zero-order chi connectivity index (χ0) is 20.8. The van der Waals surface area contributed by atoms with E-state index < -0.39 is 5.91 Å². The summed E-state index contributed by atoms with van der Waals surface area (Å²) < 4.78 is 5.51. The molecule has 0 saturated carbocycles. The molecule has 2 aromatic carbocycles. The van der Waals surface area contributed by atoms with Gasteiger partial charge in [0.25, 0.3) is 5.91 Å². The van der Waals surface area contributed by atoms with Crippen molar-refractivity contribution in [2.24, 2.45) is 11.7 Å². The highest BCUT2D eigenvalue weighted by Gasteiger charge is 2.26. The van der Waals surface area contributed by atoms with Crippen LogP contribution in [0.5, 0.6) is 5.75 Å². The third-order valence-corrected chi connectivity index (χ3v) is 5.40. The Kier molecular flexibility index (Phi) is 6.88. The molecule has 29 heavy (non-hydrogen) atoms. The molecule has 6 heteroatoms. The lowest BCUT2D eigenvalue weighted by atomic mass is 9.95. The first-order valence-corrected chi connectivity index (χ1v) is 10.0. The summed E-state index contributed by atoms with van der Waals surface area (Å²) in [5.41, 5.74) is 8.41. The van der Waals surface area contributed by atoms with Crippen LogP contribution in [0.2, 0.25) is 0 Å². The van der Waals surface area contributed by atoms with Crippen molar-refractivity contribution in [2.75, 3.05) is 19.7 Å². The van der Waals surface area contributed by atoms with E-state index in [1.54, 1.807) is 18.2 Å². The van der Waals surface area contributed by atoms with Crippen LogP contribution < -0.4 is 15.8 Å². The minimum atomic E-state index is -0.525. The van der Waals surface area contributed by atoms with Gasteiger partial charge >= 0.3 is 0 Å². The third-order valence-electron chi connectivity index (χ3n) is 5.40. The summed E-state index contributed by atoms with van der Waals surface area (Å²) in [5, 5.41) is 3.00. The number of carbonyl (C=O) groups excluding carboxylic acids is 2. The van der Waals surface area contributed by atoms with Gasteiger partial charge in [-0.25, -0.2) is 0 Å². The summed E-state index contributed by atoms with van der Waals surface area (Å²) in [6, 6.07) is 15.3. The van der Waals surface area contributed by atoms with E-state index in [1.165, 1.54) is 17.2 Å². The molecule has 3 N–H and O–H groups in total. The summed E-state index contributed by atoms with van der Waals surface area (Å²) in [6.45, 7) is 6.74. The molecule has 6 nitrogen and oxygen atoms in total. The molecule has 0 saturated heterocycles. The number of fused-ring (bicyclic) bond motifs is 1. The van der Waals surface area contributed by atoms with E-state index in [4.69, 9.17) is 10.5 Å². The van der Waals surface area contributed by atoms with Gasteiger partial charge in [0.1, 0.15) is 5.75 Å². The molecule has 0 aromatic heterocycles. The molecule has 0 spiro atoms. The molecule has 2 aromatic rings. The van der Waals surface area contributed by atoms with Crippen LogP contribution in [0, 0.1) is 5.92 Å². The van der Waals surface area contributed by atoms with E-state index in [9.17, 15) is 9.59 Å². The molecule has 0 radical (unpaired) electrons. The Bertz CT molecular complexity index is 866. The Balaban J connectivity index is 1.52. The van der Waals surface area contributed by atoms with Gasteiger partial charge in [-0.3, -0.25) is 14.5 Å². The Labute approximate surface area is 172 Å². The fourth-order valence-electron chi connectivity index (χ4n) is 3.74. The van der Waals surface area contributed by atoms with Crippen LogP contribution in [0.15, 0.2) is 48.5 Å². The second-order valence-electron chi connectivity index (χ2n) is 7.79. The SMILES string of the molecule is CC(C)[C@H](CNC(=O)COc1cccc(C(N)=O)c1)N1CCc2ccccc2C1. The molecule has 1 aliphatic heterocycles. The van der Waals surface area contributed by atoms with Crippen molar-refractivity contribution < 1.29 is 14.3 Å². The molecular weight excluding hydrogens is 366 g/mol. The Morgan fingerprint density at radius 1 is 1.14 bits per heavy atom. The average molecular weight is 396 g/mol. The van der Waals surface area contributed by atoms with Crippen LogP contribution in [0.4, 0.5) is 0 Å². The first-order chi connectivity index (χ1) is 13.9. The lowest BCUT2D eigenvalue weighted by Crippen LogP contribution is -2.49. The van der Waals surface area contributed by atoms with Gasteiger partial charge in [-0.1, -0.05) is 44.2 Å². The lowest BCUT2D eigenvalue weighted by molar-refractivity contribution is -0.123. The highest BCUT2D eigenvalue weighted by molar-refractivity contribution is 5.93. The highest BCUT2D eigenvalue weighted by atomic mass is 16.5. The van der Waals surface area contributed by atoms with Gasteiger partial charge in [-0.15, -0.1) is 0 Å². The second-order valence-corrected chi connectivity index (χ2v) is 7.79. The van der Waals surface area contributed by atoms with Crippen LogP contribution in [-0.4, -0.2) is 42.5 Å². The Hall–Kier alpha value is -2.86. The first-order valence-electron chi connectivity index (χ1n) is 10.0. The Morgan fingerprint density at radius 3 is 2.62 bits per heavy atom. The summed E-state index contributed by atoms with van der Waals surface area (Å²) in [7, 11) is 0. The predicted octanol–water partition coefficient (Wildman–Crippen LogP) is 2.36. The number of ether oxygens (including phenoxy) is 1. The summed E-state index contributed by atoms with van der Waals surface area (Å²) in [4.78, 5) is 26.0. The second kappa shape index (κ2) is 9.56. The molecule has 2 amide bonds. The maximum absolute atomic E-state index is 12.3. The maximum Gasteiger partial charge on any atom is 0.257 e. The minimum Gasteiger partial charge on any atom is -0.484 e. The van der Waals surface area contributed by atoms with E-state index in [2.05, 4.69) is 48.3 Å². The normalized spacial score (nSPS) is 14.9. The quantitative estimate of drug-likeness (QED) is 0.719. The summed E-state index contributed by atoms with van der Waals surface area (Å²) in [5.74, 6) is 0.151. The van der Waals surface area contributed by atoms with Gasteiger partial charge in [0.2, 0.25) is 5.91 Å². The van der Waals surface area contributed by atoms with Crippen molar-refractivity contribution in [1.29, 1.82) is 0 Å². The maximum atomic E-state index is 12.3. The van der Waals surface area contributed by atoms with Crippen molar-refractivity contribution in [3.8, 4) is 5.75 Å². The number of rotatable bonds is 8. The number of nitrogens with two attached hydrogens (primary N) is 1. The van der Waals surface area contributed by atoms with E-state index in [-0.39, 0.29) is 18.6 Å². The number of nitrogens with zero attached hydrogens (tertiary/aromatic N) is 1. The van der Waals surface area contributed by atoms with Gasteiger partial charge in [0.15, 0.2) is 6.61 Å². The van der Waals surface area contributed by atoms with Gasteiger partial charge < -0.3 is 15.8 Å². The minimum absolute atomic E-state index is 0.101. The van der Waals surface area contributed by atoms with E-state index in [0.29, 0.717) is 23.8 Å². The van der Waals surface area contributed by atoms with E-state index in [1.807, 2.05) is 0 Å². The smallest absolute Gasteiger partial charge is 0.257 e. The van der Waals surface area contributed by atoms with Crippen LogP contribution in [0.3, 0.4) is 0 Å². The fourth-order valence-corrected chi connectivity index (χ4v) is 3.74. The standard InChI is InChI=1S/C23H29N3O3/c1-16(2)21(26-11-10-17-6-3-4-7-19(17)14-26)13-25-22(27)15-29-20-9-5-8-18(12-20)23(24)28/h3-9,12,16,21H,10-11,13-15H2,1-2H3,(H2,24,28)(H,25,27)/t21-/m0/s1. The molecule has 154 valence electrons. The van der Waals surface area contributed by atoms with E-state index in [0.717, 1.165) is 19.5 Å². The number of amides is 2. The number of primary amides is 1. The van der Waals surface area contributed by atoms with E-state index >= 15 is 0 Å². The number of nitrogens with one attached hydrogen (secondary N) is 1. The predicted molar refractivity (Wildman–Crippen MR) is 113 cm³/mol. The molecule has 0 unspecified atom stereocenters. The van der Waals surface area contributed by atoms with Crippen molar-refractivity contribution in [1.82, 2.24) is 10.2 Å². The zero-order valence-corrected chi connectivity index (χ0v) is 17.1. The number of hydrogen-bond acceptors (Lipinski definition) is 4. The van der Waals surface area contributed by atoms with Crippen LogP contribution in [0.25, 0.3) is 0 Å². The molecule has 0 aliphatic carbocycles. The van der Waals surface area contributed by atoms with Gasteiger partial charge in [-0.05, 0) is 41.7 Å². The molecule has 0 bridgehead atoms. The molecule has 1 heterocycles. The number of hydrogen-bond donors (Lipinski definition) is 2. The molecular formula is C23H29N3O3. The molecule has 1 atom stereocenters. The number of carbonyl (C=O) groups is 2. The zero-order valence-electron chi connectivity index (χ0n) is 17.1. The average Bonchev–Trinajstić information content (AvgIpc) is 2.72. The van der Waals surface area contributed by atoms with Crippen LogP contribution in [0.1, 0.15) is 35.3 Å². The van der Waals surface area contributed by atoms with Gasteiger partial charge in [-0.2, -0.15) is 0 Å². The summed E-state index contributed by atoms with van der Waals surface area (Å²) >= 11 is 0. The third kappa shape index (κ3) is 5.57. The monoisotopic (exact) mass is 395 g/mol.